The van der Waals surface area contributed by atoms with E-state index in [0.717, 1.165) is 32.1 Å². The van der Waals surface area contributed by atoms with Crippen LogP contribution in [0.5, 0.6) is 0 Å². The topological polar surface area (TPSA) is 55.9 Å². The molecule has 4 nitrogen and oxygen atoms in total. The van der Waals surface area contributed by atoms with Gasteiger partial charge in [0.1, 0.15) is 12.2 Å². The van der Waals surface area contributed by atoms with E-state index in [1.807, 2.05) is 0 Å². The number of fused-ring (bicyclic) bond motifs is 7. The van der Waals surface area contributed by atoms with Gasteiger partial charge in [0.25, 0.3) is 0 Å². The van der Waals surface area contributed by atoms with E-state index in [2.05, 4.69) is 19.9 Å². The Labute approximate surface area is 162 Å². The van der Waals surface area contributed by atoms with Crippen LogP contribution >= 0.6 is 0 Å². The molecule has 0 aromatic rings. The molecule has 0 aromatic heterocycles. The Morgan fingerprint density at radius 1 is 1.15 bits per heavy atom. The van der Waals surface area contributed by atoms with E-state index in [4.69, 9.17) is 9.47 Å². The molecule has 0 spiro atoms. The summed E-state index contributed by atoms with van der Waals surface area (Å²) in [5, 5.41) is 0. The molecule has 27 heavy (non-hydrogen) atoms. The third-order valence-electron chi connectivity index (χ3n) is 9.24. The molecule has 4 heteroatoms. The largest absolute Gasteiger partial charge is 0.462 e. The molecule has 0 amide bonds. The number of hydrogen-bond donors (Lipinski definition) is 0. The van der Waals surface area contributed by atoms with Crippen LogP contribution in [-0.2, 0) is 19.1 Å². The smallest absolute Gasteiger partial charge is 0.302 e. The number of esters is 1. The number of allylic oxidation sites excluding steroid dienone is 1. The highest BCUT2D eigenvalue weighted by Crippen LogP contribution is 2.72. The predicted molar refractivity (Wildman–Crippen MR) is 101 cm³/mol. The lowest BCUT2D eigenvalue weighted by Gasteiger charge is -2.57. The number of carbonyl (C=O) groups excluding carboxylic acids is 2. The molecule has 1 heterocycles. The Balaban J connectivity index is 1.42. The van der Waals surface area contributed by atoms with E-state index < -0.39 is 5.60 Å². The summed E-state index contributed by atoms with van der Waals surface area (Å²) in [6.45, 7) is 8.07. The molecule has 3 saturated carbocycles. The summed E-state index contributed by atoms with van der Waals surface area (Å²) in [5.74, 6) is 2.02. The first-order valence-electron chi connectivity index (χ1n) is 10.8. The standard InChI is InChI=1S/C23H32O4/c1-13(24)23-12-19-17-6-5-15-11-16(26-14(2)25)7-9-21(15,3)18(17)8-10-22(19,4)20(23)27-23/h5,16-20H,6-12H2,1-4H3/t16-,17-,18+,19+,20-,21-,22-,23-/m0/s1. The van der Waals surface area contributed by atoms with Crippen molar-refractivity contribution in [3.63, 3.8) is 0 Å². The fourth-order valence-corrected chi connectivity index (χ4v) is 7.76. The highest BCUT2D eigenvalue weighted by atomic mass is 16.6. The molecular weight excluding hydrogens is 340 g/mol. The van der Waals surface area contributed by atoms with Gasteiger partial charge in [-0.3, -0.25) is 9.59 Å². The predicted octanol–water partition coefficient (Wildman–Crippen LogP) is 4.22. The zero-order chi connectivity index (χ0) is 19.2. The maximum absolute atomic E-state index is 12.3. The Bertz CT molecular complexity index is 741. The lowest BCUT2D eigenvalue weighted by molar-refractivity contribution is -0.148. The van der Waals surface area contributed by atoms with Crippen LogP contribution in [-0.4, -0.2) is 29.6 Å². The SMILES string of the molecule is CC(=O)O[C@H]1CC[C@@]2(C)C(=CC[C@@H]3[C@H]4C[C@@]5(C(C)=O)O[C@H]5[C@@]4(C)CC[C@H]32)C1. The fraction of sp³-hybridized carbons (Fsp3) is 0.826. The molecule has 4 fully saturated rings. The lowest BCUT2D eigenvalue weighted by Crippen LogP contribution is -2.51. The second-order valence-electron chi connectivity index (χ2n) is 10.4. The molecule has 5 aliphatic rings. The molecule has 4 aliphatic carbocycles. The zero-order valence-corrected chi connectivity index (χ0v) is 17.0. The highest BCUT2D eigenvalue weighted by Gasteiger charge is 2.77. The third-order valence-corrected chi connectivity index (χ3v) is 9.24. The van der Waals surface area contributed by atoms with Crippen LogP contribution in [0.25, 0.3) is 0 Å². The minimum atomic E-state index is -0.452. The van der Waals surface area contributed by atoms with Crippen LogP contribution < -0.4 is 0 Å². The maximum Gasteiger partial charge on any atom is 0.302 e. The molecule has 5 rings (SSSR count). The summed E-state index contributed by atoms with van der Waals surface area (Å²) >= 11 is 0. The number of ether oxygens (including phenoxy) is 2. The molecule has 0 aromatic carbocycles. The first-order valence-corrected chi connectivity index (χ1v) is 10.8. The molecule has 0 bridgehead atoms. The highest BCUT2D eigenvalue weighted by molar-refractivity contribution is 5.89. The van der Waals surface area contributed by atoms with Gasteiger partial charge < -0.3 is 9.47 Å². The van der Waals surface area contributed by atoms with Gasteiger partial charge in [0.05, 0.1) is 0 Å². The van der Waals surface area contributed by atoms with E-state index in [1.165, 1.54) is 25.3 Å². The number of rotatable bonds is 2. The quantitative estimate of drug-likeness (QED) is 0.414. The second kappa shape index (κ2) is 5.46. The summed E-state index contributed by atoms with van der Waals surface area (Å²) in [5.41, 5.74) is 1.47. The van der Waals surface area contributed by atoms with E-state index in [-0.39, 0.29) is 34.8 Å². The van der Waals surface area contributed by atoms with Crippen LogP contribution in [0.2, 0.25) is 0 Å². The van der Waals surface area contributed by atoms with Gasteiger partial charge in [-0.05, 0) is 68.6 Å². The van der Waals surface area contributed by atoms with Crippen molar-refractivity contribution in [3.8, 4) is 0 Å². The number of epoxide rings is 1. The third kappa shape index (κ3) is 2.25. The molecule has 0 unspecified atom stereocenters. The summed E-state index contributed by atoms with van der Waals surface area (Å²) in [6.07, 6.45) is 10.1. The van der Waals surface area contributed by atoms with Gasteiger partial charge in [0, 0.05) is 18.8 Å². The van der Waals surface area contributed by atoms with Crippen LogP contribution in [0.4, 0.5) is 0 Å². The van der Waals surface area contributed by atoms with Crippen molar-refractivity contribution in [2.45, 2.75) is 90.4 Å². The number of ketones is 1. The Morgan fingerprint density at radius 2 is 1.93 bits per heavy atom. The molecule has 1 saturated heterocycles. The maximum atomic E-state index is 12.3. The van der Waals surface area contributed by atoms with Gasteiger partial charge in [-0.25, -0.2) is 0 Å². The summed E-state index contributed by atoms with van der Waals surface area (Å²) in [4.78, 5) is 23.7. The van der Waals surface area contributed by atoms with Crippen molar-refractivity contribution >= 4 is 11.8 Å². The average molecular weight is 373 g/mol. The summed E-state index contributed by atoms with van der Waals surface area (Å²) < 4.78 is 11.6. The minimum Gasteiger partial charge on any atom is -0.462 e. The van der Waals surface area contributed by atoms with E-state index in [0.29, 0.717) is 17.8 Å². The molecule has 8 atom stereocenters. The van der Waals surface area contributed by atoms with Crippen LogP contribution in [0.1, 0.15) is 72.6 Å². The van der Waals surface area contributed by atoms with Gasteiger partial charge in [-0.15, -0.1) is 0 Å². The summed E-state index contributed by atoms with van der Waals surface area (Å²) in [7, 11) is 0. The number of hydrogen-bond acceptors (Lipinski definition) is 4. The van der Waals surface area contributed by atoms with E-state index in [9.17, 15) is 9.59 Å². The van der Waals surface area contributed by atoms with Crippen molar-refractivity contribution in [3.05, 3.63) is 11.6 Å². The van der Waals surface area contributed by atoms with E-state index in [1.54, 1.807) is 6.92 Å². The Morgan fingerprint density at radius 3 is 2.63 bits per heavy atom. The molecule has 148 valence electrons. The Hall–Kier alpha value is -1.16. The second-order valence-corrected chi connectivity index (χ2v) is 10.4. The number of Topliss-reactive ketones (excluding diaryl/α,β-unsaturated/α-hetero) is 1. The first kappa shape index (κ1) is 17.9. The van der Waals surface area contributed by atoms with Crippen molar-refractivity contribution < 1.29 is 19.1 Å². The normalized spacial score (nSPS) is 52.6. The molecule has 0 radical (unpaired) electrons. The van der Waals surface area contributed by atoms with Crippen molar-refractivity contribution in [1.82, 2.24) is 0 Å². The molecular formula is C23H32O4. The first-order chi connectivity index (χ1) is 12.7. The monoisotopic (exact) mass is 372 g/mol. The van der Waals surface area contributed by atoms with Crippen molar-refractivity contribution in [1.29, 1.82) is 0 Å². The van der Waals surface area contributed by atoms with Gasteiger partial charge in [-0.2, -0.15) is 0 Å². The lowest BCUT2D eigenvalue weighted by atomic mass is 9.48. The van der Waals surface area contributed by atoms with E-state index >= 15 is 0 Å². The minimum absolute atomic E-state index is 0.0562. The Kier molecular flexibility index (Phi) is 3.62. The van der Waals surface area contributed by atoms with Crippen LogP contribution in [0.15, 0.2) is 11.6 Å². The van der Waals surface area contributed by atoms with Gasteiger partial charge in [0.2, 0.25) is 0 Å². The fourth-order valence-electron chi connectivity index (χ4n) is 7.76. The average Bonchev–Trinajstić information content (AvgIpc) is 3.28. The molecule has 0 N–H and O–H groups in total. The summed E-state index contributed by atoms with van der Waals surface area (Å²) in [6, 6.07) is 0. The van der Waals surface area contributed by atoms with Gasteiger partial charge >= 0.3 is 5.97 Å². The van der Waals surface area contributed by atoms with Crippen molar-refractivity contribution in [2.24, 2.45) is 28.6 Å². The van der Waals surface area contributed by atoms with Gasteiger partial charge in [-0.1, -0.05) is 25.5 Å². The van der Waals surface area contributed by atoms with Gasteiger partial charge in [0.15, 0.2) is 11.4 Å². The molecule has 1 aliphatic heterocycles. The van der Waals surface area contributed by atoms with Crippen LogP contribution in [0.3, 0.4) is 0 Å². The van der Waals surface area contributed by atoms with Crippen LogP contribution in [0, 0.1) is 28.6 Å². The van der Waals surface area contributed by atoms with Crippen molar-refractivity contribution in [2.75, 3.05) is 0 Å². The number of carbonyl (C=O) groups is 2. The zero-order valence-electron chi connectivity index (χ0n) is 17.0.